The summed E-state index contributed by atoms with van der Waals surface area (Å²) in [5.74, 6) is 1.52. The van der Waals surface area contributed by atoms with Crippen LogP contribution in [0.4, 0.5) is 0 Å². The summed E-state index contributed by atoms with van der Waals surface area (Å²) in [4.78, 5) is 0. The number of hydrogen-bond donors (Lipinski definition) is 0. The summed E-state index contributed by atoms with van der Waals surface area (Å²) in [6, 6.07) is 0. The smallest absolute Gasteiger partial charge is 0.134 e. The topological polar surface area (TPSA) is 12.5 Å². The van der Waals surface area contributed by atoms with Crippen molar-refractivity contribution in [3.05, 3.63) is 0 Å². The SMILES string of the molecule is CC(C)CC(C)(C)BC(C)(C)CC(C)C1CO1. The van der Waals surface area contributed by atoms with Crippen molar-refractivity contribution in [1.82, 2.24) is 0 Å². The molecule has 0 amide bonds. The van der Waals surface area contributed by atoms with E-state index in [0.717, 1.165) is 18.4 Å². The molecule has 100 valence electrons. The first-order valence-corrected chi connectivity index (χ1v) is 7.23. The molecule has 0 spiro atoms. The predicted molar refractivity (Wildman–Crippen MR) is 78.2 cm³/mol. The van der Waals surface area contributed by atoms with Gasteiger partial charge in [0.2, 0.25) is 0 Å². The Morgan fingerprint density at radius 2 is 1.53 bits per heavy atom. The fourth-order valence-corrected chi connectivity index (χ4v) is 3.93. The first-order chi connectivity index (χ1) is 7.61. The van der Waals surface area contributed by atoms with Crippen molar-refractivity contribution < 1.29 is 4.74 Å². The van der Waals surface area contributed by atoms with Crippen LogP contribution in [0, 0.1) is 11.8 Å². The Balaban J connectivity index is 2.45. The van der Waals surface area contributed by atoms with E-state index < -0.39 is 0 Å². The molecule has 1 aliphatic rings. The first kappa shape index (κ1) is 15.1. The molecule has 0 radical (unpaired) electrons. The standard InChI is InChI=1S/C15H31BO/c1-11(2)8-14(4,5)16-15(6,7)9-12(3)13-10-17-13/h11-13,16H,8-10H2,1-7H3. The molecule has 0 bridgehead atoms. The Morgan fingerprint density at radius 3 is 1.94 bits per heavy atom. The Bertz CT molecular complexity index is 241. The van der Waals surface area contributed by atoms with Crippen LogP contribution in [-0.4, -0.2) is 20.0 Å². The molecule has 0 aliphatic carbocycles. The second kappa shape index (κ2) is 5.34. The highest BCUT2D eigenvalue weighted by Gasteiger charge is 2.37. The zero-order valence-electron chi connectivity index (χ0n) is 13.0. The molecular weight excluding hydrogens is 207 g/mol. The summed E-state index contributed by atoms with van der Waals surface area (Å²) < 4.78 is 5.41. The molecule has 2 heteroatoms. The Morgan fingerprint density at radius 1 is 1.06 bits per heavy atom. The maximum Gasteiger partial charge on any atom is 0.134 e. The van der Waals surface area contributed by atoms with Gasteiger partial charge in [-0.15, -0.1) is 0 Å². The fraction of sp³-hybridized carbons (Fsp3) is 1.00. The summed E-state index contributed by atoms with van der Waals surface area (Å²) in [6.45, 7) is 17.7. The fourth-order valence-electron chi connectivity index (χ4n) is 3.93. The van der Waals surface area contributed by atoms with Gasteiger partial charge < -0.3 is 4.74 Å². The van der Waals surface area contributed by atoms with Gasteiger partial charge in [-0.25, -0.2) is 0 Å². The van der Waals surface area contributed by atoms with E-state index in [1.807, 2.05) is 0 Å². The van der Waals surface area contributed by atoms with Gasteiger partial charge in [-0.05, 0) is 18.3 Å². The van der Waals surface area contributed by atoms with E-state index in [9.17, 15) is 0 Å². The predicted octanol–water partition coefficient (Wildman–Crippen LogP) is 4.29. The third-order valence-corrected chi connectivity index (χ3v) is 3.79. The van der Waals surface area contributed by atoms with Gasteiger partial charge in [0, 0.05) is 0 Å². The van der Waals surface area contributed by atoms with Gasteiger partial charge in [0.15, 0.2) is 0 Å². The number of hydrogen-bond acceptors (Lipinski definition) is 1. The Hall–Kier alpha value is 0.0249. The van der Waals surface area contributed by atoms with Crippen LogP contribution in [0.2, 0.25) is 10.6 Å². The van der Waals surface area contributed by atoms with Crippen LogP contribution in [-0.2, 0) is 4.74 Å². The minimum absolute atomic E-state index is 0.434. The van der Waals surface area contributed by atoms with Gasteiger partial charge in [-0.2, -0.15) is 0 Å². The number of ether oxygens (including phenoxy) is 1. The monoisotopic (exact) mass is 238 g/mol. The van der Waals surface area contributed by atoms with Crippen molar-refractivity contribution >= 4 is 7.28 Å². The summed E-state index contributed by atoms with van der Waals surface area (Å²) in [5, 5.41) is 0.894. The molecule has 1 nitrogen and oxygen atoms in total. The summed E-state index contributed by atoms with van der Waals surface area (Å²) in [5.41, 5.74) is 0. The van der Waals surface area contributed by atoms with Gasteiger partial charge in [0.1, 0.15) is 7.28 Å². The van der Waals surface area contributed by atoms with Crippen LogP contribution < -0.4 is 0 Å². The largest absolute Gasteiger partial charge is 0.373 e. The van der Waals surface area contributed by atoms with Crippen molar-refractivity contribution in [2.45, 2.75) is 78.0 Å². The molecule has 1 heterocycles. The molecule has 0 saturated carbocycles. The molecule has 17 heavy (non-hydrogen) atoms. The Labute approximate surface area is 109 Å². The van der Waals surface area contributed by atoms with E-state index in [-0.39, 0.29) is 0 Å². The van der Waals surface area contributed by atoms with Crippen LogP contribution in [0.5, 0.6) is 0 Å². The van der Waals surface area contributed by atoms with Crippen molar-refractivity contribution in [2.75, 3.05) is 6.61 Å². The molecule has 0 N–H and O–H groups in total. The Kier molecular flexibility index (Phi) is 4.74. The maximum atomic E-state index is 5.41. The molecular formula is C15H31BO. The highest BCUT2D eigenvalue weighted by Crippen LogP contribution is 2.45. The van der Waals surface area contributed by atoms with E-state index in [1.54, 1.807) is 0 Å². The molecule has 0 aromatic rings. The molecule has 1 saturated heterocycles. The summed E-state index contributed by atoms with van der Waals surface area (Å²) in [6.07, 6.45) is 3.17. The second-order valence-electron chi connectivity index (χ2n) is 8.16. The van der Waals surface area contributed by atoms with Crippen LogP contribution in [0.25, 0.3) is 0 Å². The highest BCUT2D eigenvalue weighted by atomic mass is 16.6. The lowest BCUT2D eigenvalue weighted by Gasteiger charge is -2.36. The van der Waals surface area contributed by atoms with Crippen LogP contribution in [0.3, 0.4) is 0 Å². The van der Waals surface area contributed by atoms with E-state index in [0.29, 0.717) is 16.7 Å². The lowest BCUT2D eigenvalue weighted by atomic mass is 9.38. The van der Waals surface area contributed by atoms with E-state index >= 15 is 0 Å². The zero-order chi connectivity index (χ0) is 13.3. The van der Waals surface area contributed by atoms with Crippen molar-refractivity contribution in [2.24, 2.45) is 11.8 Å². The molecule has 2 unspecified atom stereocenters. The number of epoxide rings is 1. The third kappa shape index (κ3) is 5.95. The van der Waals surface area contributed by atoms with Crippen molar-refractivity contribution in [1.29, 1.82) is 0 Å². The van der Waals surface area contributed by atoms with Gasteiger partial charge in [-0.3, -0.25) is 0 Å². The molecule has 2 atom stereocenters. The lowest BCUT2D eigenvalue weighted by molar-refractivity contribution is 0.310. The first-order valence-electron chi connectivity index (χ1n) is 7.23. The minimum atomic E-state index is 0.434. The molecule has 1 aliphatic heterocycles. The maximum absolute atomic E-state index is 5.41. The second-order valence-corrected chi connectivity index (χ2v) is 8.16. The normalized spacial score (nSPS) is 22.7. The van der Waals surface area contributed by atoms with Gasteiger partial charge in [0.05, 0.1) is 12.7 Å². The van der Waals surface area contributed by atoms with E-state index in [1.165, 1.54) is 20.1 Å². The van der Waals surface area contributed by atoms with Gasteiger partial charge in [-0.1, -0.05) is 65.5 Å². The van der Waals surface area contributed by atoms with E-state index in [4.69, 9.17) is 4.74 Å². The molecule has 0 aromatic heterocycles. The van der Waals surface area contributed by atoms with Crippen molar-refractivity contribution in [3.8, 4) is 0 Å². The summed E-state index contributed by atoms with van der Waals surface area (Å²) >= 11 is 0. The third-order valence-electron chi connectivity index (χ3n) is 3.79. The minimum Gasteiger partial charge on any atom is -0.373 e. The molecule has 0 aromatic carbocycles. The lowest BCUT2D eigenvalue weighted by Crippen LogP contribution is -2.27. The van der Waals surface area contributed by atoms with Crippen molar-refractivity contribution in [3.63, 3.8) is 0 Å². The average molecular weight is 238 g/mol. The van der Waals surface area contributed by atoms with Gasteiger partial charge >= 0.3 is 0 Å². The molecule has 1 fully saturated rings. The van der Waals surface area contributed by atoms with Crippen LogP contribution >= 0.6 is 0 Å². The van der Waals surface area contributed by atoms with Gasteiger partial charge in [0.25, 0.3) is 0 Å². The quantitative estimate of drug-likeness (QED) is 0.476. The highest BCUT2D eigenvalue weighted by molar-refractivity contribution is 6.43. The number of rotatable bonds is 7. The van der Waals surface area contributed by atoms with E-state index in [2.05, 4.69) is 48.5 Å². The van der Waals surface area contributed by atoms with Crippen LogP contribution in [0.1, 0.15) is 61.3 Å². The van der Waals surface area contributed by atoms with Crippen LogP contribution in [0.15, 0.2) is 0 Å². The zero-order valence-corrected chi connectivity index (χ0v) is 13.0. The average Bonchev–Trinajstić information content (AvgIpc) is 2.76. The molecule has 1 rings (SSSR count). The summed E-state index contributed by atoms with van der Waals surface area (Å²) in [7, 11) is 1.31.